The van der Waals surface area contributed by atoms with E-state index in [-0.39, 0.29) is 17.9 Å². The molecule has 2 aliphatic heterocycles. The fourth-order valence-corrected chi connectivity index (χ4v) is 5.27. The van der Waals surface area contributed by atoms with Gasteiger partial charge in [-0.25, -0.2) is 0 Å². The number of pyridine rings is 2. The minimum Gasteiger partial charge on any atom is -0.381 e. The lowest BCUT2D eigenvalue weighted by Gasteiger charge is -2.34. The van der Waals surface area contributed by atoms with Gasteiger partial charge in [0.2, 0.25) is 0 Å². The van der Waals surface area contributed by atoms with Crippen molar-refractivity contribution in [1.82, 2.24) is 14.9 Å². The molecule has 0 saturated carbocycles. The summed E-state index contributed by atoms with van der Waals surface area (Å²) in [5.41, 5.74) is 4.22. The number of nitrogens with one attached hydrogen (secondary N) is 1. The molecule has 8 heteroatoms. The molecule has 1 fully saturated rings. The topological polar surface area (TPSA) is 78.4 Å². The van der Waals surface area contributed by atoms with Crippen LogP contribution in [0.3, 0.4) is 0 Å². The predicted molar refractivity (Wildman–Crippen MR) is 137 cm³/mol. The van der Waals surface area contributed by atoms with Crippen molar-refractivity contribution in [2.45, 2.75) is 45.2 Å². The lowest BCUT2D eigenvalue weighted by Crippen LogP contribution is -2.42. The molecule has 7 nitrogen and oxygen atoms in total. The lowest BCUT2D eigenvalue weighted by atomic mass is 9.93. The van der Waals surface area contributed by atoms with E-state index in [1.807, 2.05) is 43.9 Å². The molecule has 0 atom stereocenters. The van der Waals surface area contributed by atoms with Crippen LogP contribution in [-0.2, 0) is 5.54 Å². The minimum atomic E-state index is -0.548. The van der Waals surface area contributed by atoms with E-state index in [4.69, 9.17) is 11.6 Å². The number of piperidine rings is 1. The van der Waals surface area contributed by atoms with Crippen LogP contribution >= 0.6 is 11.6 Å². The largest absolute Gasteiger partial charge is 0.381 e. The molecule has 0 unspecified atom stereocenters. The Bertz CT molecular complexity index is 1300. The summed E-state index contributed by atoms with van der Waals surface area (Å²) in [5, 5.41) is 4.17. The van der Waals surface area contributed by atoms with Crippen LogP contribution in [0.1, 0.15) is 58.5 Å². The summed E-state index contributed by atoms with van der Waals surface area (Å²) < 4.78 is 0. The number of hydrogen-bond acceptors (Lipinski definition) is 5. The summed E-state index contributed by atoms with van der Waals surface area (Å²) in [5.74, 6) is -0.0229. The highest BCUT2D eigenvalue weighted by Gasteiger charge is 2.44. The quantitative estimate of drug-likeness (QED) is 0.554. The van der Waals surface area contributed by atoms with Crippen molar-refractivity contribution in [2.75, 3.05) is 23.3 Å². The highest BCUT2D eigenvalue weighted by atomic mass is 35.5. The second-order valence-corrected chi connectivity index (χ2v) is 10.2. The van der Waals surface area contributed by atoms with Crippen molar-refractivity contribution in [3.8, 4) is 0 Å². The fraction of sp³-hybridized carbons (Fsp3) is 0.333. The molecule has 2 aliphatic rings. The van der Waals surface area contributed by atoms with Crippen molar-refractivity contribution in [2.24, 2.45) is 0 Å². The summed E-state index contributed by atoms with van der Waals surface area (Å²) in [6.07, 6.45) is 8.50. The number of rotatable bonds is 4. The second-order valence-electron chi connectivity index (χ2n) is 9.72. The van der Waals surface area contributed by atoms with Gasteiger partial charge in [-0.05, 0) is 75.1 Å². The number of aryl methyl sites for hydroxylation is 1. The number of nitrogens with zero attached hydrogens (tertiary/aromatic N) is 4. The Balaban J connectivity index is 1.28. The van der Waals surface area contributed by atoms with Crippen molar-refractivity contribution in [3.05, 3.63) is 82.4 Å². The Kier molecular flexibility index (Phi) is 5.97. The molecular formula is C27H28ClN5O2. The number of carbonyl (C=O) groups excluding carboxylic acids is 2. The molecule has 3 aromatic rings. The van der Waals surface area contributed by atoms with Crippen molar-refractivity contribution in [3.63, 3.8) is 0 Å². The molecule has 0 radical (unpaired) electrons. The number of aromatic nitrogens is 2. The van der Waals surface area contributed by atoms with Crippen molar-refractivity contribution in [1.29, 1.82) is 0 Å². The Hall–Kier alpha value is -3.45. The van der Waals surface area contributed by atoms with E-state index >= 15 is 0 Å². The monoisotopic (exact) mass is 489 g/mol. The fourth-order valence-electron chi connectivity index (χ4n) is 5.09. The molecule has 2 amide bonds. The summed E-state index contributed by atoms with van der Waals surface area (Å²) in [4.78, 5) is 38.3. The molecule has 2 aromatic heterocycles. The first kappa shape index (κ1) is 23.3. The third-order valence-corrected chi connectivity index (χ3v) is 7.27. The van der Waals surface area contributed by atoms with E-state index in [1.165, 1.54) is 0 Å². The molecule has 0 aliphatic carbocycles. The van der Waals surface area contributed by atoms with Crippen LogP contribution in [0.25, 0.3) is 0 Å². The first-order chi connectivity index (χ1) is 16.8. The van der Waals surface area contributed by atoms with E-state index < -0.39 is 5.54 Å². The van der Waals surface area contributed by atoms with E-state index in [9.17, 15) is 9.59 Å². The molecule has 0 spiro atoms. The summed E-state index contributed by atoms with van der Waals surface area (Å²) in [6.45, 7) is 7.31. The molecule has 0 bridgehead atoms. The van der Waals surface area contributed by atoms with Crippen LogP contribution in [0.15, 0.2) is 55.1 Å². The van der Waals surface area contributed by atoms with Crippen LogP contribution in [-0.4, -0.2) is 45.8 Å². The van der Waals surface area contributed by atoms with E-state index in [2.05, 4.69) is 15.3 Å². The number of anilines is 2. The number of fused-ring (bicyclic) bond motifs is 1. The molecule has 4 heterocycles. The summed E-state index contributed by atoms with van der Waals surface area (Å²) in [7, 11) is 0. The first-order valence-corrected chi connectivity index (χ1v) is 12.2. The Morgan fingerprint density at radius 2 is 1.86 bits per heavy atom. The Morgan fingerprint density at radius 1 is 1.09 bits per heavy atom. The number of likely N-dealkylation sites (tertiary alicyclic amines) is 1. The molecular weight excluding hydrogens is 462 g/mol. The van der Waals surface area contributed by atoms with Crippen molar-refractivity contribution < 1.29 is 9.59 Å². The molecule has 1 N–H and O–H groups in total. The highest BCUT2D eigenvalue weighted by molar-refractivity contribution is 6.31. The van der Waals surface area contributed by atoms with Gasteiger partial charge in [-0.1, -0.05) is 11.6 Å². The van der Waals surface area contributed by atoms with Gasteiger partial charge < -0.3 is 10.2 Å². The Labute approximate surface area is 210 Å². The zero-order valence-electron chi connectivity index (χ0n) is 20.1. The zero-order valence-corrected chi connectivity index (χ0v) is 20.8. The van der Waals surface area contributed by atoms with Gasteiger partial charge in [0.1, 0.15) is 0 Å². The van der Waals surface area contributed by atoms with Gasteiger partial charge in [-0.15, -0.1) is 0 Å². The number of hydrogen-bond donors (Lipinski definition) is 1. The van der Waals surface area contributed by atoms with Crippen LogP contribution in [0.4, 0.5) is 11.4 Å². The minimum absolute atomic E-state index is 0.0344. The van der Waals surface area contributed by atoms with Crippen molar-refractivity contribution >= 4 is 34.8 Å². The first-order valence-electron chi connectivity index (χ1n) is 11.8. The van der Waals surface area contributed by atoms with Gasteiger partial charge in [0.05, 0.1) is 34.9 Å². The number of benzene rings is 1. The zero-order chi connectivity index (χ0) is 24.7. The van der Waals surface area contributed by atoms with Gasteiger partial charge in [0.15, 0.2) is 0 Å². The van der Waals surface area contributed by atoms with Gasteiger partial charge in [-0.2, -0.15) is 0 Å². The Morgan fingerprint density at radius 3 is 2.60 bits per heavy atom. The SMILES string of the molecule is Cc1ccncc1C(=O)N1CCC(Nc2cncc(N3C(=O)c4ccc(Cl)cc4C3(C)C)c2)CC1. The third-order valence-electron chi connectivity index (χ3n) is 7.04. The third kappa shape index (κ3) is 4.25. The van der Waals surface area contributed by atoms with E-state index in [0.29, 0.717) is 29.2 Å². The molecule has 180 valence electrons. The maximum Gasteiger partial charge on any atom is 0.259 e. The highest BCUT2D eigenvalue weighted by Crippen LogP contribution is 2.43. The standard InChI is InChI=1S/C27H28ClN5O2/c1-17-6-9-29-16-23(17)25(34)32-10-7-19(8-11-32)31-20-13-21(15-30-14-20)33-26(35)22-5-4-18(28)12-24(22)27(33,2)3/h4-6,9,12-16,19,31H,7-8,10-11H2,1-3H3. The molecule has 1 aromatic carbocycles. The predicted octanol–water partition coefficient (Wildman–Crippen LogP) is 5.05. The average molecular weight is 490 g/mol. The van der Waals surface area contributed by atoms with Gasteiger partial charge in [-0.3, -0.25) is 24.5 Å². The summed E-state index contributed by atoms with van der Waals surface area (Å²) in [6, 6.07) is 9.45. The smallest absolute Gasteiger partial charge is 0.259 e. The van der Waals surface area contributed by atoms with E-state index in [1.54, 1.807) is 41.8 Å². The van der Waals surface area contributed by atoms with Crippen LogP contribution < -0.4 is 10.2 Å². The molecule has 1 saturated heterocycles. The van der Waals surface area contributed by atoms with Gasteiger partial charge in [0, 0.05) is 42.1 Å². The molecule has 5 rings (SSSR count). The van der Waals surface area contributed by atoms with Gasteiger partial charge >= 0.3 is 0 Å². The summed E-state index contributed by atoms with van der Waals surface area (Å²) >= 11 is 6.22. The number of carbonyl (C=O) groups is 2. The lowest BCUT2D eigenvalue weighted by molar-refractivity contribution is 0.0717. The average Bonchev–Trinajstić information content (AvgIpc) is 3.04. The number of amides is 2. The van der Waals surface area contributed by atoms with Gasteiger partial charge in [0.25, 0.3) is 11.8 Å². The second kappa shape index (κ2) is 8.96. The van der Waals surface area contributed by atoms with E-state index in [0.717, 1.165) is 35.3 Å². The van der Waals surface area contributed by atoms with Crippen LogP contribution in [0, 0.1) is 6.92 Å². The number of halogens is 1. The normalized spacial score (nSPS) is 17.4. The maximum absolute atomic E-state index is 13.3. The van der Waals surface area contributed by atoms with Crippen LogP contribution in [0.5, 0.6) is 0 Å². The van der Waals surface area contributed by atoms with Crippen LogP contribution in [0.2, 0.25) is 5.02 Å². The maximum atomic E-state index is 13.3. The molecule has 35 heavy (non-hydrogen) atoms.